The number of esters is 1. The van der Waals surface area contributed by atoms with Crippen molar-refractivity contribution >= 4 is 21.9 Å². The molecule has 1 amide bonds. The van der Waals surface area contributed by atoms with E-state index in [0.29, 0.717) is 12.4 Å². The number of carbonyl (C=O) groups is 2. The Kier molecular flexibility index (Phi) is 8.09. The lowest BCUT2D eigenvalue weighted by atomic mass is 10.3. The molecule has 1 rings (SSSR count). The lowest BCUT2D eigenvalue weighted by molar-refractivity contribution is -0.153. The average molecular weight is 370 g/mol. The third-order valence-electron chi connectivity index (χ3n) is 2.95. The number of rotatable bonds is 10. The summed E-state index contributed by atoms with van der Waals surface area (Å²) in [6, 6.07) is 5.76. The van der Waals surface area contributed by atoms with Crippen molar-refractivity contribution in [2.45, 2.75) is 24.8 Å². The zero-order chi connectivity index (χ0) is 18.9. The van der Waals surface area contributed by atoms with E-state index >= 15 is 0 Å². The zero-order valence-electron chi connectivity index (χ0n) is 14.2. The van der Waals surface area contributed by atoms with E-state index in [1.54, 1.807) is 0 Å². The number of sulfonamides is 1. The third kappa shape index (κ3) is 6.94. The second-order valence-corrected chi connectivity index (χ2v) is 6.66. The van der Waals surface area contributed by atoms with Crippen molar-refractivity contribution in [2.75, 3.05) is 19.7 Å². The Morgan fingerprint density at radius 3 is 2.48 bits per heavy atom. The van der Waals surface area contributed by atoms with Crippen LogP contribution in [0.5, 0.6) is 5.75 Å². The van der Waals surface area contributed by atoms with Crippen molar-refractivity contribution in [2.24, 2.45) is 0 Å². The van der Waals surface area contributed by atoms with E-state index in [1.807, 2.05) is 6.92 Å². The number of ether oxygens (including phenoxy) is 2. The minimum Gasteiger partial charge on any atom is -0.494 e. The Morgan fingerprint density at radius 1 is 1.28 bits per heavy atom. The Hall–Kier alpha value is -2.39. The average Bonchev–Trinajstić information content (AvgIpc) is 2.58. The molecule has 0 fully saturated rings. The molecule has 0 saturated carbocycles. The molecular weight excluding hydrogens is 348 g/mol. The summed E-state index contributed by atoms with van der Waals surface area (Å²) in [4.78, 5) is 23.2. The summed E-state index contributed by atoms with van der Waals surface area (Å²) in [5.74, 6) is -0.821. The van der Waals surface area contributed by atoms with Gasteiger partial charge in [0.1, 0.15) is 12.3 Å². The molecule has 25 heavy (non-hydrogen) atoms. The first-order valence-electron chi connectivity index (χ1n) is 7.60. The number of amides is 1. The number of hydrogen-bond donors (Lipinski definition) is 2. The van der Waals surface area contributed by atoms with E-state index in [0.717, 1.165) is 0 Å². The number of benzene rings is 1. The van der Waals surface area contributed by atoms with Crippen molar-refractivity contribution in [3.8, 4) is 5.75 Å². The first-order chi connectivity index (χ1) is 11.8. The van der Waals surface area contributed by atoms with Gasteiger partial charge in [-0.25, -0.2) is 8.42 Å². The van der Waals surface area contributed by atoms with Gasteiger partial charge in [0.25, 0.3) is 5.91 Å². The summed E-state index contributed by atoms with van der Waals surface area (Å²) in [6.45, 7) is 6.77. The molecule has 138 valence electrons. The minimum atomic E-state index is -3.88. The molecule has 0 radical (unpaired) electrons. The normalized spacial score (nSPS) is 12.1. The van der Waals surface area contributed by atoms with Crippen molar-refractivity contribution in [3.05, 3.63) is 36.9 Å². The SMILES string of the molecule is C=CCNC(=O)[C@@H](C)OC(=O)CNS(=O)(=O)c1ccc(OCC)cc1. The van der Waals surface area contributed by atoms with E-state index in [2.05, 4.69) is 16.6 Å². The van der Waals surface area contributed by atoms with Gasteiger partial charge in [0.15, 0.2) is 6.10 Å². The van der Waals surface area contributed by atoms with Crippen LogP contribution in [0.2, 0.25) is 0 Å². The van der Waals surface area contributed by atoms with Crippen LogP contribution < -0.4 is 14.8 Å². The van der Waals surface area contributed by atoms with Crippen LogP contribution in [0.15, 0.2) is 41.8 Å². The molecule has 0 aliphatic carbocycles. The van der Waals surface area contributed by atoms with E-state index in [4.69, 9.17) is 9.47 Å². The van der Waals surface area contributed by atoms with Crippen LogP contribution in [-0.4, -0.2) is 46.1 Å². The molecule has 2 N–H and O–H groups in total. The quantitative estimate of drug-likeness (QED) is 0.461. The van der Waals surface area contributed by atoms with Crippen molar-refractivity contribution in [3.63, 3.8) is 0 Å². The number of nitrogens with one attached hydrogen (secondary N) is 2. The maximum Gasteiger partial charge on any atom is 0.321 e. The van der Waals surface area contributed by atoms with Crippen LogP contribution in [0.1, 0.15) is 13.8 Å². The maximum absolute atomic E-state index is 12.1. The van der Waals surface area contributed by atoms with E-state index in [9.17, 15) is 18.0 Å². The van der Waals surface area contributed by atoms with E-state index in [-0.39, 0.29) is 11.4 Å². The third-order valence-corrected chi connectivity index (χ3v) is 4.37. The van der Waals surface area contributed by atoms with Gasteiger partial charge in [0.05, 0.1) is 11.5 Å². The molecule has 0 saturated heterocycles. The molecule has 9 heteroatoms. The highest BCUT2D eigenvalue weighted by molar-refractivity contribution is 7.89. The van der Waals surface area contributed by atoms with Crippen molar-refractivity contribution < 1.29 is 27.5 Å². The fourth-order valence-electron chi connectivity index (χ4n) is 1.73. The molecule has 8 nitrogen and oxygen atoms in total. The minimum absolute atomic E-state index is 0.0134. The summed E-state index contributed by atoms with van der Waals surface area (Å²) in [6.07, 6.45) is 0.444. The lowest BCUT2D eigenvalue weighted by Gasteiger charge is -2.13. The van der Waals surface area contributed by atoms with Gasteiger partial charge in [-0.3, -0.25) is 9.59 Å². The first-order valence-corrected chi connectivity index (χ1v) is 9.09. The second-order valence-electron chi connectivity index (χ2n) is 4.89. The highest BCUT2D eigenvalue weighted by Gasteiger charge is 2.20. The molecule has 0 aliphatic rings. The highest BCUT2D eigenvalue weighted by atomic mass is 32.2. The Morgan fingerprint density at radius 2 is 1.92 bits per heavy atom. The second kappa shape index (κ2) is 9.80. The molecule has 0 spiro atoms. The summed E-state index contributed by atoms with van der Waals surface area (Å²) >= 11 is 0. The fraction of sp³-hybridized carbons (Fsp3) is 0.375. The van der Waals surface area contributed by atoms with Crippen molar-refractivity contribution in [1.29, 1.82) is 0 Å². The lowest BCUT2D eigenvalue weighted by Crippen LogP contribution is -2.38. The van der Waals surface area contributed by atoms with Gasteiger partial charge in [0.2, 0.25) is 10.0 Å². The van der Waals surface area contributed by atoms with Crippen molar-refractivity contribution in [1.82, 2.24) is 10.0 Å². The molecule has 0 bridgehead atoms. The summed E-state index contributed by atoms with van der Waals surface area (Å²) in [5.41, 5.74) is 0. The summed E-state index contributed by atoms with van der Waals surface area (Å²) in [7, 11) is -3.88. The maximum atomic E-state index is 12.1. The van der Waals surface area contributed by atoms with Crippen LogP contribution in [0.25, 0.3) is 0 Å². The topological polar surface area (TPSA) is 111 Å². The monoisotopic (exact) mass is 370 g/mol. The van der Waals surface area contributed by atoms with Gasteiger partial charge >= 0.3 is 5.97 Å². The Labute approximate surface area is 147 Å². The van der Waals surface area contributed by atoms with Crippen LogP contribution in [0.3, 0.4) is 0 Å². The molecule has 1 aromatic rings. The molecule has 0 heterocycles. The van der Waals surface area contributed by atoms with Gasteiger partial charge < -0.3 is 14.8 Å². The fourth-order valence-corrected chi connectivity index (χ4v) is 2.70. The molecule has 0 aliphatic heterocycles. The smallest absolute Gasteiger partial charge is 0.321 e. The molecule has 0 aromatic heterocycles. The number of carbonyl (C=O) groups excluding carboxylic acids is 2. The van der Waals surface area contributed by atoms with Gasteiger partial charge in [-0.1, -0.05) is 6.08 Å². The molecule has 0 unspecified atom stereocenters. The standard InChI is InChI=1S/C16H22N2O6S/c1-4-10-17-16(20)12(3)24-15(19)11-18-25(21,22)14-8-6-13(7-9-14)23-5-2/h4,6-9,12,18H,1,5,10-11H2,2-3H3,(H,17,20)/t12-/m1/s1. The Bertz CT molecular complexity index is 700. The van der Waals surface area contributed by atoms with Crippen LogP contribution in [0, 0.1) is 0 Å². The predicted molar refractivity (Wildman–Crippen MR) is 91.6 cm³/mol. The van der Waals surface area contributed by atoms with Crippen LogP contribution in [-0.2, 0) is 24.3 Å². The van der Waals surface area contributed by atoms with Gasteiger partial charge in [0, 0.05) is 6.54 Å². The molecular formula is C16H22N2O6S. The van der Waals surface area contributed by atoms with E-state index in [1.165, 1.54) is 37.3 Å². The molecule has 1 aromatic carbocycles. The van der Waals surface area contributed by atoms with Crippen LogP contribution >= 0.6 is 0 Å². The summed E-state index contributed by atoms with van der Waals surface area (Å²) < 4.78 is 36.4. The summed E-state index contributed by atoms with van der Waals surface area (Å²) in [5, 5.41) is 2.47. The van der Waals surface area contributed by atoms with Crippen LogP contribution in [0.4, 0.5) is 0 Å². The van der Waals surface area contributed by atoms with Gasteiger partial charge in [-0.2, -0.15) is 4.72 Å². The highest BCUT2D eigenvalue weighted by Crippen LogP contribution is 2.15. The van der Waals surface area contributed by atoms with Gasteiger partial charge in [-0.05, 0) is 38.1 Å². The predicted octanol–water partition coefficient (Wildman–Crippen LogP) is 0.598. The zero-order valence-corrected chi connectivity index (χ0v) is 15.0. The largest absolute Gasteiger partial charge is 0.494 e. The van der Waals surface area contributed by atoms with Gasteiger partial charge in [-0.15, -0.1) is 6.58 Å². The first kappa shape index (κ1) is 20.7. The van der Waals surface area contributed by atoms with E-state index < -0.39 is 34.5 Å². The molecule has 1 atom stereocenters. The number of hydrogen-bond acceptors (Lipinski definition) is 6. The Balaban J connectivity index is 2.56.